The van der Waals surface area contributed by atoms with E-state index in [1.807, 2.05) is 24.3 Å². The topological polar surface area (TPSA) is 143 Å². The number of rotatable bonds is 14. The molecule has 2 spiro atoms. The summed E-state index contributed by atoms with van der Waals surface area (Å²) in [4.78, 5) is 4.65. The highest BCUT2D eigenvalue weighted by Gasteiger charge is 2.58. The van der Waals surface area contributed by atoms with E-state index in [4.69, 9.17) is 28.4 Å². The van der Waals surface area contributed by atoms with Crippen molar-refractivity contribution in [2.75, 3.05) is 52.7 Å². The molecule has 320 valence electrons. The number of aliphatic hydroxyl groups is 4. The molecule has 0 saturated carbocycles. The lowest BCUT2D eigenvalue weighted by Gasteiger charge is -2.58. The predicted octanol–water partition coefficient (Wildman–Crippen LogP) is 5.01. The summed E-state index contributed by atoms with van der Waals surface area (Å²) in [6.07, 6.45) is 0.554. The van der Waals surface area contributed by atoms with Crippen LogP contribution in [0.5, 0.6) is 11.5 Å². The quantitative estimate of drug-likeness (QED) is 0.204. The first kappa shape index (κ1) is 44.2. The van der Waals surface area contributed by atoms with Crippen LogP contribution in [0.2, 0.25) is 0 Å². The van der Waals surface area contributed by atoms with Crippen LogP contribution in [-0.2, 0) is 24.4 Å². The Morgan fingerprint density at radius 3 is 1.19 bits per heavy atom. The maximum absolute atomic E-state index is 11.2. The number of nitrogens with zero attached hydrogens (tertiary/aromatic N) is 2. The van der Waals surface area contributed by atoms with E-state index in [1.165, 1.54) is 0 Å². The Balaban J connectivity index is 0.982. The van der Waals surface area contributed by atoms with Crippen LogP contribution in [0.4, 0.5) is 0 Å². The van der Waals surface area contributed by atoms with E-state index < -0.39 is 23.8 Å². The van der Waals surface area contributed by atoms with Crippen LogP contribution in [-0.4, -0.2) is 141 Å². The van der Waals surface area contributed by atoms with Crippen LogP contribution in [0.15, 0.2) is 48.5 Å². The smallest absolute Gasteiger partial charge is 0.172 e. The minimum Gasteiger partial charge on any atom is -0.491 e. The highest BCUT2D eigenvalue weighted by atomic mass is 16.8. The minimum atomic E-state index is -0.726. The molecule has 0 aliphatic carbocycles. The van der Waals surface area contributed by atoms with Crippen LogP contribution in [0.1, 0.15) is 106 Å². The summed E-state index contributed by atoms with van der Waals surface area (Å²) >= 11 is 0. The molecule has 4 unspecified atom stereocenters. The van der Waals surface area contributed by atoms with E-state index in [9.17, 15) is 20.4 Å². The highest BCUT2D eigenvalue weighted by Crippen LogP contribution is 2.50. The van der Waals surface area contributed by atoms with Crippen molar-refractivity contribution in [3.63, 3.8) is 0 Å². The van der Waals surface area contributed by atoms with Crippen molar-refractivity contribution in [1.82, 2.24) is 9.80 Å². The Morgan fingerprint density at radius 1 is 0.596 bits per heavy atom. The Kier molecular flexibility index (Phi) is 12.6. The molecule has 4 aliphatic heterocycles. The molecule has 4 heterocycles. The van der Waals surface area contributed by atoms with E-state index in [0.29, 0.717) is 63.5 Å². The molecule has 0 bridgehead atoms. The molecule has 0 aromatic heterocycles. The molecule has 12 nitrogen and oxygen atoms in total. The van der Waals surface area contributed by atoms with Gasteiger partial charge >= 0.3 is 0 Å². The molecule has 4 fully saturated rings. The predicted molar refractivity (Wildman–Crippen MR) is 217 cm³/mol. The second kappa shape index (κ2) is 16.2. The van der Waals surface area contributed by atoms with Crippen molar-refractivity contribution >= 4 is 0 Å². The van der Waals surface area contributed by atoms with Gasteiger partial charge in [-0.25, -0.2) is 0 Å². The number of hydrogen-bond acceptors (Lipinski definition) is 12. The van der Waals surface area contributed by atoms with Crippen LogP contribution in [0, 0.1) is 0 Å². The highest BCUT2D eigenvalue weighted by molar-refractivity contribution is 5.42. The van der Waals surface area contributed by atoms with Gasteiger partial charge in [0, 0.05) is 66.3 Å². The van der Waals surface area contributed by atoms with E-state index in [2.05, 4.69) is 103 Å². The SMILES string of the molecule is CC(C)(c1ccc(OCC(O)CN2C(C)(C)CC3(CC2(C)C)OCC(CO)O3)cc1)c1ccc(OCC(O)CN2C(C)(C)CC3(CC2(C)C)OCC(CO)O3)cc1. The fourth-order valence-corrected chi connectivity index (χ4v) is 10.6. The normalized spacial score (nSPS) is 27.4. The number of benzene rings is 2. The van der Waals surface area contributed by atoms with Crippen LogP contribution >= 0.6 is 0 Å². The molecule has 6 rings (SSSR count). The van der Waals surface area contributed by atoms with Gasteiger partial charge in [-0.3, -0.25) is 9.80 Å². The maximum atomic E-state index is 11.2. The molecule has 0 amide bonds. The molecule has 4 aliphatic rings. The Morgan fingerprint density at radius 2 is 0.912 bits per heavy atom. The number of hydrogen-bond donors (Lipinski definition) is 4. The Bertz CT molecular complexity index is 1490. The first-order chi connectivity index (χ1) is 26.5. The average molecular weight is 799 g/mol. The summed E-state index contributed by atoms with van der Waals surface area (Å²) in [5.74, 6) is -0.0601. The minimum absolute atomic E-state index is 0.0573. The molecule has 4 saturated heterocycles. The third-order valence-corrected chi connectivity index (χ3v) is 12.8. The van der Waals surface area contributed by atoms with Crippen LogP contribution in [0.3, 0.4) is 0 Å². The summed E-state index contributed by atoms with van der Waals surface area (Å²) in [5.41, 5.74) is 0.701. The van der Waals surface area contributed by atoms with Gasteiger partial charge in [0.1, 0.15) is 49.1 Å². The van der Waals surface area contributed by atoms with Crippen molar-refractivity contribution in [2.24, 2.45) is 0 Å². The second-order valence-corrected chi connectivity index (χ2v) is 20.1. The van der Waals surface area contributed by atoms with Gasteiger partial charge in [0.05, 0.1) is 26.4 Å². The lowest BCUT2D eigenvalue weighted by molar-refractivity contribution is -0.250. The number of piperidine rings is 2. The molecule has 2 aromatic carbocycles. The van der Waals surface area contributed by atoms with E-state index in [-0.39, 0.29) is 66.2 Å². The van der Waals surface area contributed by atoms with Gasteiger partial charge < -0.3 is 48.8 Å². The van der Waals surface area contributed by atoms with Gasteiger partial charge in [-0.1, -0.05) is 38.1 Å². The number of ether oxygens (including phenoxy) is 6. The van der Waals surface area contributed by atoms with Gasteiger partial charge in [0.15, 0.2) is 11.6 Å². The summed E-state index contributed by atoms with van der Waals surface area (Å²) in [6.45, 7) is 23.5. The van der Waals surface area contributed by atoms with Crippen molar-refractivity contribution in [1.29, 1.82) is 0 Å². The van der Waals surface area contributed by atoms with E-state index in [0.717, 1.165) is 11.1 Å². The molecule has 4 N–H and O–H groups in total. The van der Waals surface area contributed by atoms with Crippen molar-refractivity contribution in [3.8, 4) is 11.5 Å². The zero-order valence-corrected chi connectivity index (χ0v) is 36.0. The largest absolute Gasteiger partial charge is 0.491 e. The zero-order chi connectivity index (χ0) is 41.7. The van der Waals surface area contributed by atoms with Gasteiger partial charge in [-0.05, 0) is 90.8 Å². The zero-order valence-electron chi connectivity index (χ0n) is 36.0. The number of likely N-dealkylation sites (tertiary alicyclic amines) is 2. The monoisotopic (exact) mass is 799 g/mol. The molecule has 4 atom stereocenters. The van der Waals surface area contributed by atoms with E-state index in [1.54, 1.807) is 0 Å². The number of β-amino-alcohol motifs (C(OH)–C–C–N with tert-alkyl or cyclic N) is 2. The third kappa shape index (κ3) is 9.67. The molecule has 0 radical (unpaired) electrons. The molecule has 2 aromatic rings. The molecular weight excluding hydrogens is 728 g/mol. The number of aliphatic hydroxyl groups excluding tert-OH is 4. The van der Waals surface area contributed by atoms with Crippen LogP contribution < -0.4 is 9.47 Å². The van der Waals surface area contributed by atoms with Gasteiger partial charge in [0.2, 0.25) is 0 Å². The maximum Gasteiger partial charge on any atom is 0.172 e. The summed E-state index contributed by atoms with van der Waals surface area (Å²) in [7, 11) is 0. The third-order valence-electron chi connectivity index (χ3n) is 12.8. The standard InChI is InChI=1S/C45H70N2O10/c1-39(2)27-44(54-25-37(21-48)56-44)28-40(3,4)46(39)19-33(50)23-52-35-15-11-31(12-16-35)43(9,10)32-13-17-36(18-14-32)53-24-34(51)20-47-41(5,6)29-45(30-42(47,7)8)55-26-38(22-49)57-45/h11-18,33-34,37-38,48-51H,19-30H2,1-10H3. The van der Waals surface area contributed by atoms with E-state index >= 15 is 0 Å². The van der Waals surface area contributed by atoms with Crippen molar-refractivity contribution < 1.29 is 48.8 Å². The lowest BCUT2D eigenvalue weighted by atomic mass is 9.75. The van der Waals surface area contributed by atoms with Gasteiger partial charge in [-0.2, -0.15) is 0 Å². The van der Waals surface area contributed by atoms with Crippen molar-refractivity contribution in [2.45, 2.75) is 158 Å². The fourth-order valence-electron chi connectivity index (χ4n) is 10.6. The first-order valence-electron chi connectivity index (χ1n) is 20.8. The Hall–Kier alpha value is -2.36. The molecule has 57 heavy (non-hydrogen) atoms. The van der Waals surface area contributed by atoms with Gasteiger partial charge in [-0.15, -0.1) is 0 Å². The Labute approximate surface area is 340 Å². The van der Waals surface area contributed by atoms with Crippen molar-refractivity contribution in [3.05, 3.63) is 59.7 Å². The summed E-state index contributed by atoms with van der Waals surface area (Å²) in [5, 5.41) is 41.5. The second-order valence-electron chi connectivity index (χ2n) is 20.1. The average Bonchev–Trinajstić information content (AvgIpc) is 3.71. The first-order valence-corrected chi connectivity index (χ1v) is 20.8. The van der Waals surface area contributed by atoms with Gasteiger partial charge in [0.25, 0.3) is 0 Å². The molecule has 12 heteroatoms. The lowest BCUT2D eigenvalue weighted by Crippen LogP contribution is -2.67. The summed E-state index contributed by atoms with van der Waals surface area (Å²) < 4.78 is 36.8. The van der Waals surface area contributed by atoms with Crippen LogP contribution in [0.25, 0.3) is 0 Å². The fraction of sp³-hybridized carbons (Fsp3) is 0.733. The summed E-state index contributed by atoms with van der Waals surface area (Å²) in [6, 6.07) is 16.1. The molecular formula is C45H70N2O10.